The van der Waals surface area contributed by atoms with Gasteiger partial charge in [-0.2, -0.15) is 0 Å². The summed E-state index contributed by atoms with van der Waals surface area (Å²) >= 11 is 0. The molecule has 78 valence electrons. The zero-order chi connectivity index (χ0) is 10.7. The van der Waals surface area contributed by atoms with Crippen LogP contribution in [-0.2, 0) is 17.3 Å². The van der Waals surface area contributed by atoms with Crippen molar-refractivity contribution in [2.24, 2.45) is 0 Å². The van der Waals surface area contributed by atoms with E-state index in [0.29, 0.717) is 10.6 Å². The molecule has 0 saturated heterocycles. The van der Waals surface area contributed by atoms with Crippen molar-refractivity contribution in [3.63, 3.8) is 0 Å². The molecule has 1 aromatic rings. The molecule has 3 nitrogen and oxygen atoms in total. The lowest BCUT2D eigenvalue weighted by molar-refractivity contribution is 0.402. The predicted molar refractivity (Wildman–Crippen MR) is 60.6 cm³/mol. The fourth-order valence-corrected chi connectivity index (χ4v) is 1.97. The largest absolute Gasteiger partial charge is 0.398 e. The van der Waals surface area contributed by atoms with Crippen LogP contribution in [0.15, 0.2) is 23.1 Å². The maximum absolute atomic E-state index is 11.2. The Morgan fingerprint density at radius 1 is 1.43 bits per heavy atom. The molecule has 0 heterocycles. The molecule has 0 aromatic heterocycles. The van der Waals surface area contributed by atoms with Crippen LogP contribution >= 0.6 is 0 Å². The fraction of sp³-hybridized carbons (Fsp3) is 0.400. The summed E-state index contributed by atoms with van der Waals surface area (Å²) in [4.78, 5) is 2.78. The summed E-state index contributed by atoms with van der Waals surface area (Å²) in [5.41, 5.74) is 7.54. The summed E-state index contributed by atoms with van der Waals surface area (Å²) in [6.45, 7) is 0.848. The fourth-order valence-electron chi connectivity index (χ4n) is 1.32. The SMILES string of the molecule is CN(C)Cc1ccc(S(C)=O)c(N)c1. The first-order valence-electron chi connectivity index (χ1n) is 4.37. The van der Waals surface area contributed by atoms with Crippen molar-refractivity contribution in [2.45, 2.75) is 11.4 Å². The minimum absolute atomic E-state index is 0.616. The van der Waals surface area contributed by atoms with Gasteiger partial charge in [0.1, 0.15) is 0 Å². The summed E-state index contributed by atoms with van der Waals surface area (Å²) in [6.07, 6.45) is 1.64. The predicted octanol–water partition coefficient (Wildman–Crippen LogP) is 1.07. The highest BCUT2D eigenvalue weighted by Crippen LogP contribution is 2.17. The first-order valence-corrected chi connectivity index (χ1v) is 5.93. The van der Waals surface area contributed by atoms with Crippen LogP contribution in [0.3, 0.4) is 0 Å². The smallest absolute Gasteiger partial charge is 0.0614 e. The monoisotopic (exact) mass is 212 g/mol. The third-order valence-corrected chi connectivity index (χ3v) is 2.87. The van der Waals surface area contributed by atoms with Crippen LogP contribution < -0.4 is 5.73 Å². The molecule has 0 amide bonds. The Labute approximate surface area is 87.4 Å². The Kier molecular flexibility index (Phi) is 3.66. The summed E-state index contributed by atoms with van der Waals surface area (Å²) in [5, 5.41) is 0. The molecular formula is C10H16N2OS. The molecule has 0 aliphatic rings. The van der Waals surface area contributed by atoms with Crippen LogP contribution in [0, 0.1) is 0 Å². The molecule has 0 bridgehead atoms. The maximum Gasteiger partial charge on any atom is 0.0614 e. The Morgan fingerprint density at radius 2 is 2.07 bits per heavy atom. The zero-order valence-electron chi connectivity index (χ0n) is 8.78. The number of benzene rings is 1. The molecule has 1 unspecified atom stereocenters. The van der Waals surface area contributed by atoms with Gasteiger partial charge in [-0.25, -0.2) is 0 Å². The topological polar surface area (TPSA) is 46.3 Å². The highest BCUT2D eigenvalue weighted by Gasteiger charge is 2.04. The minimum atomic E-state index is -1.00. The lowest BCUT2D eigenvalue weighted by atomic mass is 10.2. The van der Waals surface area contributed by atoms with E-state index in [0.717, 1.165) is 12.1 Å². The van der Waals surface area contributed by atoms with Gasteiger partial charge >= 0.3 is 0 Å². The quantitative estimate of drug-likeness (QED) is 0.762. The van der Waals surface area contributed by atoms with Crippen LogP contribution in [0.2, 0.25) is 0 Å². The van der Waals surface area contributed by atoms with Crippen molar-refractivity contribution < 1.29 is 4.21 Å². The molecule has 0 aliphatic carbocycles. The second-order valence-electron chi connectivity index (χ2n) is 3.56. The molecule has 0 aliphatic heterocycles. The van der Waals surface area contributed by atoms with E-state index in [1.807, 2.05) is 32.3 Å². The van der Waals surface area contributed by atoms with E-state index >= 15 is 0 Å². The van der Waals surface area contributed by atoms with Crippen LogP contribution in [-0.4, -0.2) is 29.5 Å². The molecule has 1 aromatic carbocycles. The standard InChI is InChI=1S/C10H16N2OS/c1-12(2)7-8-4-5-10(14(3)13)9(11)6-8/h4-6H,7,11H2,1-3H3. The molecular weight excluding hydrogens is 196 g/mol. The average Bonchev–Trinajstić information content (AvgIpc) is 2.01. The summed E-state index contributed by atoms with van der Waals surface area (Å²) in [5.74, 6) is 0. The first kappa shape index (κ1) is 11.2. The normalized spacial score (nSPS) is 13.1. The molecule has 1 atom stereocenters. The van der Waals surface area contributed by atoms with Gasteiger partial charge in [-0.05, 0) is 31.8 Å². The molecule has 1 rings (SSSR count). The maximum atomic E-state index is 11.2. The zero-order valence-corrected chi connectivity index (χ0v) is 9.60. The number of hydrogen-bond donors (Lipinski definition) is 1. The molecule has 4 heteroatoms. The second-order valence-corrected chi connectivity index (χ2v) is 4.91. The van der Waals surface area contributed by atoms with Crippen molar-refractivity contribution in [1.29, 1.82) is 0 Å². The lowest BCUT2D eigenvalue weighted by Gasteiger charge is -2.11. The summed E-state index contributed by atoms with van der Waals surface area (Å²) in [7, 11) is 3.00. The van der Waals surface area contributed by atoms with E-state index in [1.165, 1.54) is 0 Å². The van der Waals surface area contributed by atoms with E-state index < -0.39 is 10.8 Å². The van der Waals surface area contributed by atoms with Gasteiger partial charge in [-0.1, -0.05) is 6.07 Å². The van der Waals surface area contributed by atoms with Gasteiger partial charge in [0, 0.05) is 18.5 Å². The molecule has 0 spiro atoms. The molecule has 0 radical (unpaired) electrons. The van der Waals surface area contributed by atoms with Crippen LogP contribution in [0.5, 0.6) is 0 Å². The van der Waals surface area contributed by atoms with Crippen molar-refractivity contribution in [1.82, 2.24) is 4.90 Å². The van der Waals surface area contributed by atoms with E-state index in [4.69, 9.17) is 5.73 Å². The van der Waals surface area contributed by atoms with Crippen molar-refractivity contribution >= 4 is 16.5 Å². The van der Waals surface area contributed by atoms with E-state index in [1.54, 1.807) is 6.26 Å². The van der Waals surface area contributed by atoms with Crippen LogP contribution in [0.4, 0.5) is 5.69 Å². The number of nitrogens with zero attached hydrogens (tertiary/aromatic N) is 1. The Morgan fingerprint density at radius 3 is 2.50 bits per heavy atom. The summed E-state index contributed by atoms with van der Waals surface area (Å²) in [6, 6.07) is 5.69. The number of anilines is 1. The van der Waals surface area contributed by atoms with Gasteiger partial charge in [0.25, 0.3) is 0 Å². The Hall–Kier alpha value is -0.870. The van der Waals surface area contributed by atoms with E-state index in [2.05, 4.69) is 4.90 Å². The van der Waals surface area contributed by atoms with E-state index in [9.17, 15) is 4.21 Å². The number of nitrogens with two attached hydrogens (primary N) is 1. The number of hydrogen-bond acceptors (Lipinski definition) is 3. The van der Waals surface area contributed by atoms with Gasteiger partial charge in [0.05, 0.1) is 15.7 Å². The van der Waals surface area contributed by atoms with Gasteiger partial charge < -0.3 is 10.6 Å². The third-order valence-electron chi connectivity index (χ3n) is 1.88. The van der Waals surface area contributed by atoms with Crippen molar-refractivity contribution in [3.8, 4) is 0 Å². The van der Waals surface area contributed by atoms with E-state index in [-0.39, 0.29) is 0 Å². The van der Waals surface area contributed by atoms with Gasteiger partial charge in [0.15, 0.2) is 0 Å². The molecule has 0 fully saturated rings. The van der Waals surface area contributed by atoms with Crippen LogP contribution in [0.25, 0.3) is 0 Å². The minimum Gasteiger partial charge on any atom is -0.398 e. The second kappa shape index (κ2) is 4.57. The Bertz CT molecular complexity index is 350. The number of nitrogen functional groups attached to an aromatic ring is 1. The number of rotatable bonds is 3. The lowest BCUT2D eigenvalue weighted by Crippen LogP contribution is -2.11. The molecule has 2 N–H and O–H groups in total. The highest BCUT2D eigenvalue weighted by molar-refractivity contribution is 7.84. The summed E-state index contributed by atoms with van der Waals surface area (Å²) < 4.78 is 11.2. The Balaban J connectivity index is 2.94. The first-order chi connectivity index (χ1) is 6.50. The third kappa shape index (κ3) is 2.82. The van der Waals surface area contributed by atoms with Crippen molar-refractivity contribution in [2.75, 3.05) is 26.1 Å². The van der Waals surface area contributed by atoms with Crippen LogP contribution in [0.1, 0.15) is 5.56 Å². The van der Waals surface area contributed by atoms with Gasteiger partial charge in [-0.15, -0.1) is 0 Å². The average molecular weight is 212 g/mol. The van der Waals surface area contributed by atoms with Gasteiger partial charge in [0.2, 0.25) is 0 Å². The van der Waals surface area contributed by atoms with Crippen molar-refractivity contribution in [3.05, 3.63) is 23.8 Å². The molecule has 0 saturated carbocycles. The molecule has 14 heavy (non-hydrogen) atoms. The van der Waals surface area contributed by atoms with Gasteiger partial charge in [-0.3, -0.25) is 4.21 Å². The highest BCUT2D eigenvalue weighted by atomic mass is 32.2.